The normalized spacial score (nSPS) is 11.3. The molecule has 2 aromatic rings. The highest BCUT2D eigenvalue weighted by molar-refractivity contribution is 5.85. The lowest BCUT2D eigenvalue weighted by molar-refractivity contribution is 0.306. The zero-order valence-corrected chi connectivity index (χ0v) is 11.0. The molecule has 2 rings (SSSR count). The molecule has 3 N–H and O–H groups in total. The first-order valence-corrected chi connectivity index (χ1v) is 5.20. The van der Waals surface area contributed by atoms with E-state index in [1.165, 1.54) is 0 Å². The predicted octanol–water partition coefficient (Wildman–Crippen LogP) is 2.60. The predicted molar refractivity (Wildman–Crippen MR) is 71.8 cm³/mol. The Morgan fingerprint density at radius 1 is 1.44 bits per heavy atom. The van der Waals surface area contributed by atoms with Gasteiger partial charge in [-0.25, -0.2) is 0 Å². The number of hydrogen-bond acceptors (Lipinski definition) is 4. The number of ether oxygens (including phenoxy) is 1. The minimum absolute atomic E-state index is 0. The number of furan rings is 1. The maximum atomic E-state index is 8.40. The van der Waals surface area contributed by atoms with Crippen molar-refractivity contribution in [3.63, 3.8) is 0 Å². The van der Waals surface area contributed by atoms with Crippen molar-refractivity contribution < 1.29 is 14.4 Å². The Labute approximate surface area is 111 Å². The first-order chi connectivity index (χ1) is 8.11. The van der Waals surface area contributed by atoms with Gasteiger partial charge in [-0.1, -0.05) is 5.16 Å². The number of amidine groups is 1. The summed E-state index contributed by atoms with van der Waals surface area (Å²) in [4.78, 5) is 0. The van der Waals surface area contributed by atoms with Gasteiger partial charge in [0, 0.05) is 5.39 Å². The van der Waals surface area contributed by atoms with E-state index in [0.717, 1.165) is 22.3 Å². The van der Waals surface area contributed by atoms with Crippen LogP contribution in [-0.4, -0.2) is 17.6 Å². The van der Waals surface area contributed by atoms with Gasteiger partial charge in [0.05, 0.1) is 0 Å². The second-order valence-corrected chi connectivity index (χ2v) is 3.82. The molecular weight excluding hydrogens is 256 g/mol. The van der Waals surface area contributed by atoms with Crippen molar-refractivity contribution >= 4 is 29.2 Å². The van der Waals surface area contributed by atoms with E-state index < -0.39 is 0 Å². The Balaban J connectivity index is 0.00000162. The van der Waals surface area contributed by atoms with Crippen molar-refractivity contribution in [2.75, 3.05) is 6.61 Å². The summed E-state index contributed by atoms with van der Waals surface area (Å²) in [5.74, 6) is 1.59. The number of benzene rings is 1. The number of aryl methyl sites for hydroxylation is 2. The average Bonchev–Trinajstić information content (AvgIpc) is 2.62. The SMILES string of the molecule is Cc1oc2ccc(OCC(N)=NO)cc2c1C.Cl. The summed E-state index contributed by atoms with van der Waals surface area (Å²) < 4.78 is 10.9. The number of oxime groups is 1. The summed E-state index contributed by atoms with van der Waals surface area (Å²) in [6.45, 7) is 3.97. The van der Waals surface area contributed by atoms with E-state index in [9.17, 15) is 0 Å². The lowest BCUT2D eigenvalue weighted by Crippen LogP contribution is -2.20. The molecule has 0 amide bonds. The van der Waals surface area contributed by atoms with Crippen LogP contribution >= 0.6 is 12.4 Å². The maximum Gasteiger partial charge on any atom is 0.177 e. The Hall–Kier alpha value is -1.88. The molecule has 98 valence electrons. The molecule has 18 heavy (non-hydrogen) atoms. The minimum atomic E-state index is 0. The highest BCUT2D eigenvalue weighted by Gasteiger charge is 2.08. The molecule has 0 aliphatic heterocycles. The van der Waals surface area contributed by atoms with E-state index in [1.54, 1.807) is 6.07 Å². The van der Waals surface area contributed by atoms with E-state index in [4.69, 9.17) is 20.1 Å². The number of hydrogen-bond donors (Lipinski definition) is 2. The van der Waals surface area contributed by atoms with Gasteiger partial charge in [-0.05, 0) is 37.6 Å². The first-order valence-electron chi connectivity index (χ1n) is 5.20. The molecule has 0 saturated carbocycles. The molecule has 6 heteroatoms. The van der Waals surface area contributed by atoms with Crippen molar-refractivity contribution in [2.24, 2.45) is 10.9 Å². The smallest absolute Gasteiger partial charge is 0.177 e. The Kier molecular flexibility index (Phi) is 4.44. The van der Waals surface area contributed by atoms with Crippen molar-refractivity contribution in [3.05, 3.63) is 29.5 Å². The third-order valence-electron chi connectivity index (χ3n) is 2.66. The Bertz CT molecular complexity index is 578. The summed E-state index contributed by atoms with van der Waals surface area (Å²) in [7, 11) is 0. The van der Waals surface area contributed by atoms with Gasteiger partial charge in [-0.2, -0.15) is 0 Å². The van der Waals surface area contributed by atoms with Crippen LogP contribution in [0.15, 0.2) is 27.8 Å². The second-order valence-electron chi connectivity index (χ2n) is 3.82. The van der Waals surface area contributed by atoms with Crippen molar-refractivity contribution in [1.29, 1.82) is 0 Å². The molecule has 0 aliphatic carbocycles. The number of halogens is 1. The van der Waals surface area contributed by atoms with E-state index in [-0.39, 0.29) is 24.8 Å². The highest BCUT2D eigenvalue weighted by atomic mass is 35.5. The average molecular weight is 271 g/mol. The minimum Gasteiger partial charge on any atom is -0.486 e. The quantitative estimate of drug-likeness (QED) is 0.389. The van der Waals surface area contributed by atoms with Gasteiger partial charge in [-0.15, -0.1) is 12.4 Å². The van der Waals surface area contributed by atoms with E-state index in [0.29, 0.717) is 5.75 Å². The molecule has 1 heterocycles. The van der Waals surface area contributed by atoms with Crippen LogP contribution in [-0.2, 0) is 0 Å². The molecular formula is C12H15ClN2O3. The molecule has 0 atom stereocenters. The van der Waals surface area contributed by atoms with Crippen LogP contribution < -0.4 is 10.5 Å². The maximum absolute atomic E-state index is 8.40. The standard InChI is InChI=1S/C12H14N2O3.ClH/c1-7-8(2)17-11-4-3-9(5-10(7)11)16-6-12(13)14-15;/h3-5,15H,6H2,1-2H3,(H2,13,14);1H. The van der Waals surface area contributed by atoms with Gasteiger partial charge >= 0.3 is 0 Å². The van der Waals surface area contributed by atoms with Crippen molar-refractivity contribution in [3.8, 4) is 5.75 Å². The fraction of sp³-hybridized carbons (Fsp3) is 0.250. The highest BCUT2D eigenvalue weighted by Crippen LogP contribution is 2.28. The summed E-state index contributed by atoms with van der Waals surface area (Å²) in [6, 6.07) is 5.51. The van der Waals surface area contributed by atoms with Crippen LogP contribution in [0.4, 0.5) is 0 Å². The van der Waals surface area contributed by atoms with Crippen molar-refractivity contribution in [2.45, 2.75) is 13.8 Å². The first kappa shape index (κ1) is 14.2. The molecule has 5 nitrogen and oxygen atoms in total. The zero-order chi connectivity index (χ0) is 12.4. The molecule has 0 bridgehead atoms. The van der Waals surface area contributed by atoms with Gasteiger partial charge in [-0.3, -0.25) is 0 Å². The lowest BCUT2D eigenvalue weighted by atomic mass is 10.1. The molecule has 0 radical (unpaired) electrons. The van der Waals surface area contributed by atoms with E-state index in [1.807, 2.05) is 26.0 Å². The van der Waals surface area contributed by atoms with Crippen LogP contribution in [0.1, 0.15) is 11.3 Å². The summed E-state index contributed by atoms with van der Waals surface area (Å²) >= 11 is 0. The molecule has 0 spiro atoms. The zero-order valence-electron chi connectivity index (χ0n) is 10.1. The monoisotopic (exact) mass is 270 g/mol. The number of nitrogens with zero attached hydrogens (tertiary/aromatic N) is 1. The van der Waals surface area contributed by atoms with E-state index >= 15 is 0 Å². The van der Waals surface area contributed by atoms with Crippen LogP contribution in [0.3, 0.4) is 0 Å². The summed E-state index contributed by atoms with van der Waals surface area (Å²) in [5, 5.41) is 12.3. The lowest BCUT2D eigenvalue weighted by Gasteiger charge is -2.04. The van der Waals surface area contributed by atoms with Gasteiger partial charge < -0.3 is 20.1 Å². The number of rotatable bonds is 3. The van der Waals surface area contributed by atoms with Crippen LogP contribution in [0, 0.1) is 13.8 Å². The Morgan fingerprint density at radius 2 is 2.17 bits per heavy atom. The largest absolute Gasteiger partial charge is 0.486 e. The van der Waals surface area contributed by atoms with Gasteiger partial charge in [0.25, 0.3) is 0 Å². The van der Waals surface area contributed by atoms with Crippen LogP contribution in [0.25, 0.3) is 11.0 Å². The fourth-order valence-corrected chi connectivity index (χ4v) is 1.60. The van der Waals surface area contributed by atoms with Gasteiger partial charge in [0.1, 0.15) is 23.7 Å². The van der Waals surface area contributed by atoms with Gasteiger partial charge in [0.15, 0.2) is 5.84 Å². The second kappa shape index (κ2) is 5.64. The third kappa shape index (κ3) is 2.68. The summed E-state index contributed by atoms with van der Waals surface area (Å²) in [5.41, 5.74) is 7.25. The summed E-state index contributed by atoms with van der Waals surface area (Å²) in [6.07, 6.45) is 0. The molecule has 0 saturated heterocycles. The van der Waals surface area contributed by atoms with Crippen molar-refractivity contribution in [1.82, 2.24) is 0 Å². The Morgan fingerprint density at radius 3 is 2.83 bits per heavy atom. The topological polar surface area (TPSA) is 81.0 Å². The molecule has 1 aromatic carbocycles. The third-order valence-corrected chi connectivity index (χ3v) is 2.66. The van der Waals surface area contributed by atoms with Crippen LogP contribution in [0.2, 0.25) is 0 Å². The molecule has 0 aliphatic rings. The number of nitrogens with two attached hydrogens (primary N) is 1. The molecule has 0 fully saturated rings. The van der Waals surface area contributed by atoms with Gasteiger partial charge in [0.2, 0.25) is 0 Å². The van der Waals surface area contributed by atoms with Crippen LogP contribution in [0.5, 0.6) is 5.75 Å². The molecule has 0 unspecified atom stereocenters. The number of fused-ring (bicyclic) bond motifs is 1. The fourth-order valence-electron chi connectivity index (χ4n) is 1.60. The van der Waals surface area contributed by atoms with E-state index in [2.05, 4.69) is 5.16 Å². The molecule has 1 aromatic heterocycles.